The van der Waals surface area contributed by atoms with Crippen LogP contribution in [0.15, 0.2) is 36.5 Å². The number of benzene rings is 1. The Labute approximate surface area is 105 Å². The molecule has 92 valence electrons. The Morgan fingerprint density at radius 3 is 2.61 bits per heavy atom. The van der Waals surface area contributed by atoms with Crippen LogP contribution in [-0.4, -0.2) is 18.2 Å². The van der Waals surface area contributed by atoms with Crippen molar-refractivity contribution in [3.05, 3.63) is 47.7 Å². The third kappa shape index (κ3) is 2.22. The van der Waals surface area contributed by atoms with Gasteiger partial charge in [-0.3, -0.25) is 0 Å². The summed E-state index contributed by atoms with van der Waals surface area (Å²) in [6.07, 6.45) is 2.53. The van der Waals surface area contributed by atoms with Gasteiger partial charge >= 0.3 is 0 Å². The summed E-state index contributed by atoms with van der Waals surface area (Å²) in [6, 6.07) is 9.87. The molecule has 1 aromatic heterocycles. The van der Waals surface area contributed by atoms with E-state index in [0.717, 1.165) is 23.5 Å². The lowest BCUT2D eigenvalue weighted by molar-refractivity contribution is 0.171. The molecule has 0 bridgehead atoms. The highest BCUT2D eigenvalue weighted by atomic mass is 16.6. The van der Waals surface area contributed by atoms with Crippen molar-refractivity contribution >= 4 is 5.82 Å². The van der Waals surface area contributed by atoms with Crippen LogP contribution in [0.4, 0.5) is 5.82 Å². The van der Waals surface area contributed by atoms with Crippen molar-refractivity contribution in [2.45, 2.75) is 6.42 Å². The van der Waals surface area contributed by atoms with Gasteiger partial charge in [0.25, 0.3) is 0 Å². The van der Waals surface area contributed by atoms with E-state index in [1.807, 2.05) is 30.3 Å². The van der Waals surface area contributed by atoms with Gasteiger partial charge in [-0.05, 0) is 41.8 Å². The van der Waals surface area contributed by atoms with Gasteiger partial charge in [0.15, 0.2) is 11.5 Å². The number of nitrogen functional groups attached to an aromatic ring is 1. The lowest BCUT2D eigenvalue weighted by Gasteiger charge is -2.18. The van der Waals surface area contributed by atoms with Crippen LogP contribution in [0.5, 0.6) is 11.5 Å². The van der Waals surface area contributed by atoms with E-state index in [1.54, 1.807) is 6.20 Å². The molecule has 0 spiro atoms. The average molecular weight is 242 g/mol. The SMILES string of the molecule is Nc1cc(Cc2ccc3c(c2)OCCO3)ccn1. The predicted molar refractivity (Wildman–Crippen MR) is 68.9 cm³/mol. The van der Waals surface area contributed by atoms with Crippen molar-refractivity contribution in [3.63, 3.8) is 0 Å². The second kappa shape index (κ2) is 4.56. The normalized spacial score (nSPS) is 13.3. The minimum atomic E-state index is 0.546. The maximum Gasteiger partial charge on any atom is 0.161 e. The van der Waals surface area contributed by atoms with Crippen molar-refractivity contribution in [3.8, 4) is 11.5 Å². The Bertz CT molecular complexity index is 569. The number of pyridine rings is 1. The number of anilines is 1. The lowest BCUT2D eigenvalue weighted by Crippen LogP contribution is -2.15. The second-order valence-corrected chi connectivity index (χ2v) is 4.24. The highest BCUT2D eigenvalue weighted by Gasteiger charge is 2.11. The number of hydrogen-bond acceptors (Lipinski definition) is 4. The first kappa shape index (κ1) is 10.9. The maximum absolute atomic E-state index is 5.67. The molecule has 0 saturated carbocycles. The number of rotatable bonds is 2. The highest BCUT2D eigenvalue weighted by Crippen LogP contribution is 2.31. The quantitative estimate of drug-likeness (QED) is 0.875. The minimum absolute atomic E-state index is 0.546. The van der Waals surface area contributed by atoms with E-state index in [0.29, 0.717) is 19.0 Å². The molecule has 0 fully saturated rings. The highest BCUT2D eigenvalue weighted by molar-refractivity contribution is 5.45. The monoisotopic (exact) mass is 242 g/mol. The third-order valence-electron chi connectivity index (χ3n) is 2.86. The molecule has 2 N–H and O–H groups in total. The van der Waals surface area contributed by atoms with E-state index >= 15 is 0 Å². The largest absolute Gasteiger partial charge is 0.486 e. The molecule has 2 heterocycles. The van der Waals surface area contributed by atoms with Gasteiger partial charge in [0.1, 0.15) is 19.0 Å². The summed E-state index contributed by atoms with van der Waals surface area (Å²) in [7, 11) is 0. The van der Waals surface area contributed by atoms with Crippen molar-refractivity contribution in [2.24, 2.45) is 0 Å². The molecule has 1 aliphatic heterocycles. The zero-order chi connectivity index (χ0) is 12.4. The van der Waals surface area contributed by atoms with Crippen LogP contribution >= 0.6 is 0 Å². The van der Waals surface area contributed by atoms with Crippen molar-refractivity contribution in [1.29, 1.82) is 0 Å². The van der Waals surface area contributed by atoms with Crippen molar-refractivity contribution in [1.82, 2.24) is 4.98 Å². The number of ether oxygens (including phenoxy) is 2. The number of hydrogen-bond donors (Lipinski definition) is 1. The predicted octanol–water partition coefficient (Wildman–Crippen LogP) is 2.03. The summed E-state index contributed by atoms with van der Waals surface area (Å²) < 4.78 is 11.1. The van der Waals surface area contributed by atoms with Crippen LogP contribution in [0.1, 0.15) is 11.1 Å². The van der Waals surface area contributed by atoms with Gasteiger partial charge in [0, 0.05) is 6.20 Å². The molecular formula is C14H14N2O2. The van der Waals surface area contributed by atoms with Gasteiger partial charge in [-0.15, -0.1) is 0 Å². The lowest BCUT2D eigenvalue weighted by atomic mass is 10.1. The van der Waals surface area contributed by atoms with Gasteiger partial charge in [0.05, 0.1) is 0 Å². The van der Waals surface area contributed by atoms with Crippen LogP contribution in [0, 0.1) is 0 Å². The Hall–Kier alpha value is -2.23. The van der Waals surface area contributed by atoms with Gasteiger partial charge < -0.3 is 15.2 Å². The number of nitrogens with zero attached hydrogens (tertiary/aromatic N) is 1. The first-order valence-electron chi connectivity index (χ1n) is 5.90. The van der Waals surface area contributed by atoms with Crippen molar-refractivity contribution in [2.75, 3.05) is 18.9 Å². The van der Waals surface area contributed by atoms with Crippen molar-refractivity contribution < 1.29 is 9.47 Å². The van der Waals surface area contributed by atoms with E-state index in [1.165, 1.54) is 5.56 Å². The van der Waals surface area contributed by atoms with Crippen LogP contribution in [0.3, 0.4) is 0 Å². The third-order valence-corrected chi connectivity index (χ3v) is 2.86. The summed E-state index contributed by atoms with van der Waals surface area (Å²) in [5, 5.41) is 0. The minimum Gasteiger partial charge on any atom is -0.486 e. The first-order chi connectivity index (χ1) is 8.81. The maximum atomic E-state index is 5.67. The van der Waals surface area contributed by atoms with Crippen LogP contribution in [0.25, 0.3) is 0 Å². The smallest absolute Gasteiger partial charge is 0.161 e. The summed E-state index contributed by atoms with van der Waals surface area (Å²) in [5.74, 6) is 2.19. The number of fused-ring (bicyclic) bond motifs is 1. The van der Waals surface area contributed by atoms with Crippen LogP contribution in [-0.2, 0) is 6.42 Å². The summed E-state index contributed by atoms with van der Waals surface area (Å²) in [4.78, 5) is 3.98. The molecule has 0 atom stereocenters. The standard InChI is InChI=1S/C14H14N2O2/c15-14-9-11(3-4-16-14)7-10-1-2-12-13(8-10)18-6-5-17-12/h1-4,8-9H,5-7H2,(H2,15,16). The molecular weight excluding hydrogens is 228 g/mol. The zero-order valence-corrected chi connectivity index (χ0v) is 9.93. The molecule has 1 aromatic carbocycles. The van der Waals surface area contributed by atoms with E-state index in [4.69, 9.17) is 15.2 Å². The average Bonchev–Trinajstić information content (AvgIpc) is 2.39. The van der Waals surface area contributed by atoms with E-state index in [-0.39, 0.29) is 0 Å². The Balaban J connectivity index is 1.85. The Kier molecular flexibility index (Phi) is 2.76. The van der Waals surface area contributed by atoms with Crippen LogP contribution < -0.4 is 15.2 Å². The molecule has 0 unspecified atom stereocenters. The second-order valence-electron chi connectivity index (χ2n) is 4.24. The summed E-state index contributed by atoms with van der Waals surface area (Å²) >= 11 is 0. The fourth-order valence-corrected chi connectivity index (χ4v) is 2.04. The number of aromatic nitrogens is 1. The molecule has 1 aliphatic rings. The molecule has 0 amide bonds. The van der Waals surface area contributed by atoms with Gasteiger partial charge in [-0.1, -0.05) is 6.07 Å². The summed E-state index contributed by atoms with van der Waals surface area (Å²) in [6.45, 7) is 1.23. The first-order valence-corrected chi connectivity index (χ1v) is 5.90. The molecule has 4 heteroatoms. The molecule has 3 rings (SSSR count). The molecule has 0 radical (unpaired) electrons. The molecule has 2 aromatic rings. The fourth-order valence-electron chi connectivity index (χ4n) is 2.04. The van der Waals surface area contributed by atoms with Gasteiger partial charge in [-0.2, -0.15) is 0 Å². The van der Waals surface area contributed by atoms with E-state index in [2.05, 4.69) is 4.98 Å². The molecule has 0 aliphatic carbocycles. The van der Waals surface area contributed by atoms with Crippen LogP contribution in [0.2, 0.25) is 0 Å². The topological polar surface area (TPSA) is 57.4 Å². The summed E-state index contributed by atoms with van der Waals surface area (Å²) in [5.41, 5.74) is 7.98. The van der Waals surface area contributed by atoms with Gasteiger partial charge in [0.2, 0.25) is 0 Å². The fraction of sp³-hybridized carbons (Fsp3) is 0.214. The van der Waals surface area contributed by atoms with E-state index in [9.17, 15) is 0 Å². The molecule has 4 nitrogen and oxygen atoms in total. The van der Waals surface area contributed by atoms with E-state index < -0.39 is 0 Å². The van der Waals surface area contributed by atoms with Gasteiger partial charge in [-0.25, -0.2) is 4.98 Å². The Morgan fingerprint density at radius 1 is 1.00 bits per heavy atom. The number of nitrogens with two attached hydrogens (primary N) is 1. The molecule has 18 heavy (non-hydrogen) atoms. The Morgan fingerprint density at radius 2 is 1.78 bits per heavy atom. The zero-order valence-electron chi connectivity index (χ0n) is 9.93. The molecule has 0 saturated heterocycles.